The van der Waals surface area contributed by atoms with Crippen LogP contribution in [0.1, 0.15) is 39.5 Å². The van der Waals surface area contributed by atoms with E-state index in [4.69, 9.17) is 0 Å². The Hall–Kier alpha value is -1.64. The predicted octanol–water partition coefficient (Wildman–Crippen LogP) is 3.41. The Kier molecular flexibility index (Phi) is 4.58. The van der Waals surface area contributed by atoms with Gasteiger partial charge in [-0.25, -0.2) is 0 Å². The van der Waals surface area contributed by atoms with Crippen molar-refractivity contribution in [1.82, 2.24) is 5.32 Å². The zero-order valence-corrected chi connectivity index (χ0v) is 12.7. The molecule has 20 heavy (non-hydrogen) atoms. The highest BCUT2D eigenvalue weighted by atomic mass is 16.3. The number of rotatable bonds is 4. The summed E-state index contributed by atoms with van der Waals surface area (Å²) in [7, 11) is 1.93. The zero-order chi connectivity index (χ0) is 14.7. The van der Waals surface area contributed by atoms with Crippen LogP contribution in [0.25, 0.3) is 0 Å². The van der Waals surface area contributed by atoms with Crippen molar-refractivity contribution in [2.45, 2.75) is 33.4 Å². The molecular formula is C18H23NO. The molecule has 0 heterocycles. The van der Waals surface area contributed by atoms with Gasteiger partial charge in [-0.2, -0.15) is 0 Å². The molecule has 2 heteroatoms. The minimum Gasteiger partial charge on any atom is -0.384 e. The Balaban J connectivity index is 2.38. The van der Waals surface area contributed by atoms with E-state index in [9.17, 15) is 5.11 Å². The highest BCUT2D eigenvalue weighted by molar-refractivity contribution is 5.43. The number of aliphatic hydroxyl groups is 1. The first-order valence-corrected chi connectivity index (χ1v) is 7.02. The lowest BCUT2D eigenvalue weighted by atomic mass is 9.92. The summed E-state index contributed by atoms with van der Waals surface area (Å²) in [5.74, 6) is 0. The van der Waals surface area contributed by atoms with Crippen LogP contribution in [0.5, 0.6) is 0 Å². The molecule has 1 unspecified atom stereocenters. The van der Waals surface area contributed by atoms with Crippen LogP contribution in [0.3, 0.4) is 0 Å². The maximum Gasteiger partial charge on any atom is 0.104 e. The highest BCUT2D eigenvalue weighted by Gasteiger charge is 2.15. The number of hydrogen-bond donors (Lipinski definition) is 2. The van der Waals surface area contributed by atoms with E-state index in [1.807, 2.05) is 25.2 Å². The van der Waals surface area contributed by atoms with Gasteiger partial charge in [-0.05, 0) is 61.2 Å². The molecule has 1 atom stereocenters. The number of nitrogens with one attached hydrogen (secondary N) is 1. The van der Waals surface area contributed by atoms with E-state index in [1.165, 1.54) is 22.3 Å². The third-order valence-corrected chi connectivity index (χ3v) is 4.04. The molecule has 0 spiro atoms. The van der Waals surface area contributed by atoms with Crippen molar-refractivity contribution in [1.29, 1.82) is 0 Å². The van der Waals surface area contributed by atoms with E-state index in [-0.39, 0.29) is 0 Å². The minimum absolute atomic E-state index is 0.564. The van der Waals surface area contributed by atoms with Gasteiger partial charge in [0.2, 0.25) is 0 Å². The molecule has 0 saturated carbocycles. The summed E-state index contributed by atoms with van der Waals surface area (Å²) in [6.45, 7) is 7.11. The summed E-state index contributed by atoms with van der Waals surface area (Å²) in [6, 6.07) is 12.2. The molecule has 0 aliphatic rings. The van der Waals surface area contributed by atoms with E-state index in [0.717, 1.165) is 17.7 Å². The van der Waals surface area contributed by atoms with Crippen molar-refractivity contribution >= 4 is 0 Å². The minimum atomic E-state index is -0.564. The second kappa shape index (κ2) is 6.21. The Labute approximate surface area is 121 Å². The van der Waals surface area contributed by atoms with E-state index < -0.39 is 6.10 Å². The summed E-state index contributed by atoms with van der Waals surface area (Å²) in [5, 5.41) is 13.8. The fraction of sp³-hybridized carbons (Fsp3) is 0.333. The zero-order valence-electron chi connectivity index (χ0n) is 12.7. The average Bonchev–Trinajstić information content (AvgIpc) is 2.45. The molecule has 0 radical (unpaired) electrons. The fourth-order valence-corrected chi connectivity index (χ4v) is 2.53. The lowest BCUT2D eigenvalue weighted by Gasteiger charge is -2.18. The molecule has 0 aliphatic carbocycles. The van der Waals surface area contributed by atoms with Crippen LogP contribution >= 0.6 is 0 Å². The van der Waals surface area contributed by atoms with Gasteiger partial charge in [0.25, 0.3) is 0 Å². The topological polar surface area (TPSA) is 32.3 Å². The maximum absolute atomic E-state index is 10.7. The quantitative estimate of drug-likeness (QED) is 0.891. The first kappa shape index (κ1) is 14.8. The van der Waals surface area contributed by atoms with Crippen LogP contribution in [-0.4, -0.2) is 12.2 Å². The van der Waals surface area contributed by atoms with Crippen LogP contribution in [0.15, 0.2) is 36.4 Å². The number of hydrogen-bond acceptors (Lipinski definition) is 2. The highest BCUT2D eigenvalue weighted by Crippen LogP contribution is 2.28. The van der Waals surface area contributed by atoms with Crippen LogP contribution in [0.4, 0.5) is 0 Å². The molecule has 0 aromatic heterocycles. The number of aliphatic hydroxyl groups excluding tert-OH is 1. The number of aryl methyl sites for hydroxylation is 1. The van der Waals surface area contributed by atoms with E-state index in [1.54, 1.807) is 0 Å². The molecule has 0 bridgehead atoms. The third-order valence-electron chi connectivity index (χ3n) is 4.04. The van der Waals surface area contributed by atoms with Crippen molar-refractivity contribution in [3.05, 3.63) is 69.8 Å². The molecule has 2 N–H and O–H groups in total. The van der Waals surface area contributed by atoms with Crippen LogP contribution in [0, 0.1) is 20.8 Å². The molecule has 2 aromatic rings. The lowest BCUT2D eigenvalue weighted by molar-refractivity contribution is 0.219. The van der Waals surface area contributed by atoms with Crippen LogP contribution in [-0.2, 0) is 6.54 Å². The largest absolute Gasteiger partial charge is 0.384 e. The molecule has 2 aromatic carbocycles. The molecular weight excluding hydrogens is 246 g/mol. The van der Waals surface area contributed by atoms with Gasteiger partial charge in [-0.3, -0.25) is 0 Å². The van der Waals surface area contributed by atoms with Crippen molar-refractivity contribution in [2.24, 2.45) is 0 Å². The van der Waals surface area contributed by atoms with Gasteiger partial charge in [0, 0.05) is 6.54 Å². The summed E-state index contributed by atoms with van der Waals surface area (Å²) in [4.78, 5) is 0. The van der Waals surface area contributed by atoms with E-state index in [2.05, 4.69) is 44.3 Å². The normalized spacial score (nSPS) is 12.4. The van der Waals surface area contributed by atoms with Crippen molar-refractivity contribution in [3.8, 4) is 0 Å². The Morgan fingerprint density at radius 2 is 1.80 bits per heavy atom. The first-order chi connectivity index (χ1) is 9.54. The van der Waals surface area contributed by atoms with Gasteiger partial charge >= 0.3 is 0 Å². The van der Waals surface area contributed by atoms with Crippen molar-refractivity contribution in [2.75, 3.05) is 7.05 Å². The molecule has 0 aliphatic heterocycles. The second-order valence-corrected chi connectivity index (χ2v) is 5.40. The van der Waals surface area contributed by atoms with Crippen LogP contribution < -0.4 is 5.32 Å². The Morgan fingerprint density at radius 3 is 2.50 bits per heavy atom. The standard InChI is InChI=1S/C18H23NO/c1-12-8-9-17(14(3)13(12)2)18(20)16-7-5-6-15(10-16)11-19-4/h5-10,18-20H,11H2,1-4H3. The van der Waals surface area contributed by atoms with Gasteiger partial charge in [0.15, 0.2) is 0 Å². The first-order valence-electron chi connectivity index (χ1n) is 7.02. The van der Waals surface area contributed by atoms with Gasteiger partial charge in [-0.15, -0.1) is 0 Å². The molecule has 106 valence electrons. The number of benzene rings is 2. The van der Waals surface area contributed by atoms with Crippen molar-refractivity contribution in [3.63, 3.8) is 0 Å². The van der Waals surface area contributed by atoms with Gasteiger partial charge in [-0.1, -0.05) is 36.4 Å². The van der Waals surface area contributed by atoms with E-state index in [0.29, 0.717) is 0 Å². The van der Waals surface area contributed by atoms with Crippen LogP contribution in [0.2, 0.25) is 0 Å². The predicted molar refractivity (Wildman–Crippen MR) is 83.9 cm³/mol. The molecule has 2 nitrogen and oxygen atoms in total. The van der Waals surface area contributed by atoms with Gasteiger partial charge in [0.05, 0.1) is 0 Å². The monoisotopic (exact) mass is 269 g/mol. The maximum atomic E-state index is 10.7. The summed E-state index contributed by atoms with van der Waals surface area (Å²) in [6.07, 6.45) is -0.564. The average molecular weight is 269 g/mol. The Bertz CT molecular complexity index is 604. The Morgan fingerprint density at radius 1 is 1.05 bits per heavy atom. The molecule has 0 saturated heterocycles. The summed E-state index contributed by atoms with van der Waals surface area (Å²) >= 11 is 0. The van der Waals surface area contributed by atoms with E-state index >= 15 is 0 Å². The summed E-state index contributed by atoms with van der Waals surface area (Å²) < 4.78 is 0. The van der Waals surface area contributed by atoms with Crippen molar-refractivity contribution < 1.29 is 5.11 Å². The smallest absolute Gasteiger partial charge is 0.104 e. The molecule has 0 amide bonds. The van der Waals surface area contributed by atoms with Gasteiger partial charge in [0.1, 0.15) is 6.10 Å². The lowest BCUT2D eigenvalue weighted by Crippen LogP contribution is -2.07. The second-order valence-electron chi connectivity index (χ2n) is 5.40. The fourth-order valence-electron chi connectivity index (χ4n) is 2.53. The summed E-state index contributed by atoms with van der Waals surface area (Å²) in [5.41, 5.74) is 6.83. The molecule has 2 rings (SSSR count). The van der Waals surface area contributed by atoms with Gasteiger partial charge < -0.3 is 10.4 Å². The molecule has 0 fully saturated rings. The SMILES string of the molecule is CNCc1cccc(C(O)c2ccc(C)c(C)c2C)c1. The third kappa shape index (κ3) is 2.92.